The first kappa shape index (κ1) is 20.1. The van der Waals surface area contributed by atoms with Gasteiger partial charge in [0.15, 0.2) is 5.96 Å². The lowest BCUT2D eigenvalue weighted by molar-refractivity contribution is 0.407. The van der Waals surface area contributed by atoms with Crippen LogP contribution in [-0.4, -0.2) is 52.0 Å². The van der Waals surface area contributed by atoms with Gasteiger partial charge in [-0.25, -0.2) is 4.98 Å². The normalized spacial score (nSPS) is 17.9. The van der Waals surface area contributed by atoms with Gasteiger partial charge < -0.3 is 15.2 Å². The average molecular weight is 471 g/mol. The Kier molecular flexibility index (Phi) is 8.08. The van der Waals surface area contributed by atoms with Crippen LogP contribution in [-0.2, 0) is 6.54 Å². The number of thioether (sulfide) groups is 1. The number of halogens is 1. The summed E-state index contributed by atoms with van der Waals surface area (Å²) in [5, 5.41) is 4.14. The lowest BCUT2D eigenvalue weighted by atomic mass is 10.2. The minimum atomic E-state index is 0. The fraction of sp³-hybridized carbons (Fsp3) is 0.444. The van der Waals surface area contributed by atoms with E-state index in [4.69, 9.17) is 0 Å². The summed E-state index contributed by atoms with van der Waals surface area (Å²) in [6, 6.07) is 10.3. The zero-order chi connectivity index (χ0) is 16.8. The van der Waals surface area contributed by atoms with Gasteiger partial charge >= 0.3 is 0 Å². The molecule has 1 aromatic carbocycles. The number of nitrogens with one attached hydrogen (secondary N) is 2. The van der Waals surface area contributed by atoms with Crippen molar-refractivity contribution < 1.29 is 0 Å². The molecule has 3 rings (SSSR count). The molecule has 2 heterocycles. The molecule has 0 spiro atoms. The van der Waals surface area contributed by atoms with Gasteiger partial charge in [0.1, 0.15) is 5.82 Å². The van der Waals surface area contributed by atoms with Crippen molar-refractivity contribution in [3.63, 3.8) is 0 Å². The summed E-state index contributed by atoms with van der Waals surface area (Å²) in [7, 11) is 1.85. The Labute approximate surface area is 171 Å². The van der Waals surface area contributed by atoms with Crippen molar-refractivity contribution in [3.05, 3.63) is 42.4 Å². The first-order chi connectivity index (χ1) is 11.8. The van der Waals surface area contributed by atoms with E-state index in [0.717, 1.165) is 41.9 Å². The highest BCUT2D eigenvalue weighted by Crippen LogP contribution is 2.21. The van der Waals surface area contributed by atoms with E-state index in [1.807, 2.05) is 31.4 Å². The summed E-state index contributed by atoms with van der Waals surface area (Å²) >= 11 is 2.07. The number of hydrogen-bond donors (Lipinski definition) is 2. The predicted octanol–water partition coefficient (Wildman–Crippen LogP) is 3.60. The van der Waals surface area contributed by atoms with Gasteiger partial charge in [-0.15, -0.1) is 24.0 Å². The van der Waals surface area contributed by atoms with Gasteiger partial charge in [0, 0.05) is 31.1 Å². The number of guanidine groups is 1. The van der Waals surface area contributed by atoms with Crippen LogP contribution in [0.25, 0.3) is 11.3 Å². The predicted molar refractivity (Wildman–Crippen MR) is 118 cm³/mol. The van der Waals surface area contributed by atoms with E-state index in [9.17, 15) is 0 Å². The van der Waals surface area contributed by atoms with Crippen LogP contribution in [0, 0.1) is 0 Å². The average Bonchev–Trinajstić information content (AvgIpc) is 3.12. The number of hydrogen-bond acceptors (Lipinski definition) is 3. The third-order valence-corrected chi connectivity index (χ3v) is 5.60. The third kappa shape index (κ3) is 5.37. The Balaban J connectivity index is 0.00000225. The number of aromatic amines is 1. The van der Waals surface area contributed by atoms with Crippen LogP contribution in [0.2, 0.25) is 0 Å². The molecule has 2 aromatic rings. The van der Waals surface area contributed by atoms with Gasteiger partial charge in [0.25, 0.3) is 0 Å². The van der Waals surface area contributed by atoms with Crippen molar-refractivity contribution in [2.45, 2.75) is 25.1 Å². The third-order valence-electron chi connectivity index (χ3n) is 4.23. The van der Waals surface area contributed by atoms with Gasteiger partial charge in [0.2, 0.25) is 0 Å². The maximum atomic E-state index is 4.48. The van der Waals surface area contributed by atoms with Crippen molar-refractivity contribution in [1.82, 2.24) is 20.2 Å². The lowest BCUT2D eigenvalue weighted by Gasteiger charge is -2.34. The zero-order valence-corrected chi connectivity index (χ0v) is 17.9. The van der Waals surface area contributed by atoms with Crippen LogP contribution in [0.4, 0.5) is 0 Å². The lowest BCUT2D eigenvalue weighted by Crippen LogP contribution is -2.47. The molecule has 25 heavy (non-hydrogen) atoms. The molecule has 0 amide bonds. The molecule has 136 valence electrons. The molecule has 0 aliphatic carbocycles. The largest absolute Gasteiger partial charge is 0.349 e. The van der Waals surface area contributed by atoms with E-state index < -0.39 is 0 Å². The van der Waals surface area contributed by atoms with Crippen LogP contribution in [0.5, 0.6) is 0 Å². The smallest absolute Gasteiger partial charge is 0.194 e. The highest BCUT2D eigenvalue weighted by Gasteiger charge is 2.21. The van der Waals surface area contributed by atoms with Crippen LogP contribution in [0.3, 0.4) is 0 Å². The van der Waals surface area contributed by atoms with E-state index in [1.165, 1.54) is 6.42 Å². The number of rotatable bonds is 4. The second-order valence-electron chi connectivity index (χ2n) is 5.86. The number of aliphatic imine (C=N–C) groups is 1. The molecular weight excluding hydrogens is 445 g/mol. The second-order valence-corrected chi connectivity index (χ2v) is 7.27. The summed E-state index contributed by atoms with van der Waals surface area (Å²) < 4.78 is 0. The monoisotopic (exact) mass is 471 g/mol. The van der Waals surface area contributed by atoms with Crippen LogP contribution >= 0.6 is 35.7 Å². The fourth-order valence-electron chi connectivity index (χ4n) is 2.87. The molecule has 1 aromatic heterocycles. The van der Waals surface area contributed by atoms with Crippen LogP contribution in [0.1, 0.15) is 19.2 Å². The molecule has 0 bridgehead atoms. The van der Waals surface area contributed by atoms with Gasteiger partial charge in [-0.3, -0.25) is 4.99 Å². The summed E-state index contributed by atoms with van der Waals surface area (Å²) in [6.45, 7) is 5.02. The molecule has 1 unspecified atom stereocenters. The van der Waals surface area contributed by atoms with Gasteiger partial charge in [-0.2, -0.15) is 11.8 Å². The molecule has 1 saturated heterocycles. The highest BCUT2D eigenvalue weighted by molar-refractivity contribution is 14.0. The summed E-state index contributed by atoms with van der Waals surface area (Å²) in [6.07, 6.45) is 3.09. The van der Waals surface area contributed by atoms with E-state index in [0.29, 0.717) is 11.8 Å². The van der Waals surface area contributed by atoms with E-state index in [-0.39, 0.29) is 24.0 Å². The van der Waals surface area contributed by atoms with Crippen molar-refractivity contribution in [2.24, 2.45) is 4.99 Å². The van der Waals surface area contributed by atoms with Crippen LogP contribution in [0.15, 0.2) is 41.5 Å². The SMILES string of the molecule is CCC1CN(C(=NC)NCc2ncc(-c3ccccc3)[nH]2)CCS1.I. The Morgan fingerprint density at radius 2 is 2.20 bits per heavy atom. The van der Waals surface area contributed by atoms with E-state index in [1.54, 1.807) is 0 Å². The Bertz CT molecular complexity index is 673. The Morgan fingerprint density at radius 3 is 2.92 bits per heavy atom. The number of nitrogens with zero attached hydrogens (tertiary/aromatic N) is 3. The first-order valence-electron chi connectivity index (χ1n) is 8.46. The van der Waals surface area contributed by atoms with E-state index >= 15 is 0 Å². The number of aromatic nitrogens is 2. The maximum absolute atomic E-state index is 4.48. The highest BCUT2D eigenvalue weighted by atomic mass is 127. The Morgan fingerprint density at radius 1 is 1.40 bits per heavy atom. The molecule has 0 saturated carbocycles. The topological polar surface area (TPSA) is 56.3 Å². The van der Waals surface area contributed by atoms with Crippen LogP contribution < -0.4 is 5.32 Å². The molecule has 2 N–H and O–H groups in total. The Hall–Kier alpha value is -1.22. The van der Waals surface area contributed by atoms with E-state index in [2.05, 4.69) is 56.0 Å². The molecule has 1 aliphatic rings. The second kappa shape index (κ2) is 10.1. The van der Waals surface area contributed by atoms with Crippen molar-refractivity contribution in [1.29, 1.82) is 0 Å². The fourth-order valence-corrected chi connectivity index (χ4v) is 4.05. The minimum absolute atomic E-state index is 0. The van der Waals surface area contributed by atoms with Crippen molar-refractivity contribution >= 4 is 41.7 Å². The first-order valence-corrected chi connectivity index (χ1v) is 9.51. The molecule has 0 radical (unpaired) electrons. The standard InChI is InChI=1S/C18H25N5S.HI/c1-3-15-13-23(9-10-24-15)18(19-2)21-12-17-20-11-16(22-17)14-7-5-4-6-8-14;/h4-8,11,15H,3,9-10,12-13H2,1-2H3,(H,19,21)(H,20,22);1H. The number of benzene rings is 1. The van der Waals surface area contributed by atoms with Crippen molar-refractivity contribution in [3.8, 4) is 11.3 Å². The van der Waals surface area contributed by atoms with Crippen molar-refractivity contribution in [2.75, 3.05) is 25.9 Å². The summed E-state index contributed by atoms with van der Waals surface area (Å²) in [5.41, 5.74) is 2.20. The van der Waals surface area contributed by atoms with Gasteiger partial charge in [-0.1, -0.05) is 37.3 Å². The molecule has 5 nitrogen and oxygen atoms in total. The minimum Gasteiger partial charge on any atom is -0.349 e. The van der Waals surface area contributed by atoms with Gasteiger partial charge in [-0.05, 0) is 12.0 Å². The molecule has 7 heteroatoms. The summed E-state index contributed by atoms with van der Waals surface area (Å²) in [5.74, 6) is 3.05. The molecule has 1 atom stereocenters. The van der Waals surface area contributed by atoms with Gasteiger partial charge in [0.05, 0.1) is 18.4 Å². The number of H-pyrrole nitrogens is 1. The molecule has 1 aliphatic heterocycles. The maximum Gasteiger partial charge on any atom is 0.194 e. The molecule has 1 fully saturated rings. The summed E-state index contributed by atoms with van der Waals surface area (Å²) in [4.78, 5) is 14.7. The number of imidazole rings is 1. The molecular formula is C18H26IN5S. The quantitative estimate of drug-likeness (QED) is 0.407. The zero-order valence-electron chi connectivity index (χ0n) is 14.7.